The van der Waals surface area contributed by atoms with Crippen LogP contribution in [0.25, 0.3) is 22.3 Å². The maximum absolute atomic E-state index is 16.0. The summed E-state index contributed by atoms with van der Waals surface area (Å²) in [5, 5.41) is 16.0. The molecule has 242 valence electrons. The number of nitrogens with zero attached hydrogens (tertiary/aromatic N) is 2. The summed E-state index contributed by atoms with van der Waals surface area (Å²) in [7, 11) is 4.66. The molecule has 3 aromatic carbocycles. The van der Waals surface area contributed by atoms with Crippen molar-refractivity contribution >= 4 is 29.1 Å². The third kappa shape index (κ3) is 6.06. The van der Waals surface area contributed by atoms with Gasteiger partial charge in [-0.15, -0.1) is 0 Å². The van der Waals surface area contributed by atoms with E-state index < -0.39 is 35.8 Å². The number of benzene rings is 3. The van der Waals surface area contributed by atoms with Crippen LogP contribution in [-0.4, -0.2) is 85.7 Å². The van der Waals surface area contributed by atoms with Crippen molar-refractivity contribution in [3.63, 3.8) is 0 Å². The lowest BCUT2D eigenvalue weighted by Crippen LogP contribution is -2.46. The van der Waals surface area contributed by atoms with Gasteiger partial charge in [0.15, 0.2) is 18.3 Å². The van der Waals surface area contributed by atoms with Crippen LogP contribution in [-0.2, 0) is 25.6 Å². The van der Waals surface area contributed by atoms with Gasteiger partial charge in [0.1, 0.15) is 17.1 Å². The molecule has 3 heterocycles. The van der Waals surface area contributed by atoms with Crippen molar-refractivity contribution in [1.29, 1.82) is 0 Å². The lowest BCUT2D eigenvalue weighted by molar-refractivity contribution is -0.129. The molecule has 0 aliphatic carbocycles. The van der Waals surface area contributed by atoms with Crippen LogP contribution in [0.4, 0.5) is 14.5 Å². The molecule has 3 aliphatic rings. The molecule has 0 radical (unpaired) electrons. The van der Waals surface area contributed by atoms with Gasteiger partial charge in [-0.3, -0.25) is 9.59 Å². The topological polar surface area (TPSA) is 116 Å². The molecule has 10 nitrogen and oxygen atoms in total. The average molecular weight is 655 g/mol. The zero-order valence-electron chi connectivity index (χ0n) is 25.4. The van der Waals surface area contributed by atoms with Gasteiger partial charge in [0, 0.05) is 61.7 Å². The number of carbonyl (C=O) groups is 2. The van der Waals surface area contributed by atoms with Crippen molar-refractivity contribution in [3.8, 4) is 28.0 Å². The van der Waals surface area contributed by atoms with Crippen molar-refractivity contribution < 1.29 is 37.7 Å². The normalized spacial score (nSPS) is 22.6. The van der Waals surface area contributed by atoms with Crippen molar-refractivity contribution in [2.24, 2.45) is 0 Å². The smallest absolute Gasteiger partial charge is 0.262 e. The number of fused-ring (bicyclic) bond motifs is 1. The van der Waals surface area contributed by atoms with E-state index in [2.05, 4.69) is 10.6 Å². The Morgan fingerprint density at radius 3 is 2.61 bits per heavy atom. The zero-order chi connectivity index (χ0) is 32.7. The Hall–Kier alpha value is -4.07. The minimum Gasteiger partial charge on any atom is -0.496 e. The fourth-order valence-corrected chi connectivity index (χ4v) is 6.11. The third-order valence-electron chi connectivity index (χ3n) is 8.45. The van der Waals surface area contributed by atoms with Crippen LogP contribution < -0.4 is 15.4 Å². The molecule has 0 bridgehead atoms. The van der Waals surface area contributed by atoms with Crippen LogP contribution in [0.1, 0.15) is 12.0 Å². The molecule has 3 N–H and O–H groups in total. The van der Waals surface area contributed by atoms with Gasteiger partial charge in [0.2, 0.25) is 0 Å². The molecule has 2 amide bonds. The molecule has 0 saturated carbocycles. The number of aliphatic hydroxyl groups excluding tert-OH is 1. The first-order chi connectivity index (χ1) is 22.1. The minimum atomic E-state index is -0.774. The molecule has 0 spiro atoms. The molecule has 0 aromatic heterocycles. The monoisotopic (exact) mass is 654 g/mol. The lowest BCUT2D eigenvalue weighted by atomic mass is 9.96. The number of halogens is 3. The number of aliphatic hydroxyl groups is 1. The Labute approximate surface area is 269 Å². The van der Waals surface area contributed by atoms with Crippen molar-refractivity contribution in [2.45, 2.75) is 37.6 Å². The van der Waals surface area contributed by atoms with Gasteiger partial charge in [-0.1, -0.05) is 41.9 Å². The molecule has 6 rings (SSSR count). The second kappa shape index (κ2) is 13.0. The molecule has 3 aromatic rings. The summed E-state index contributed by atoms with van der Waals surface area (Å²) >= 11 is 6.84. The SMILES string of the molecule is COc1cc(-c2cccc(-c3cccc(NC(=O)C4=CN(C)C5OC5N(C)C4=O)c3F)c2Cl)cc(F)c1CN[C@@H]1CCOC[C@@H]1O. The predicted octanol–water partition coefficient (Wildman–Crippen LogP) is 4.11. The van der Waals surface area contributed by atoms with Crippen molar-refractivity contribution in [2.75, 3.05) is 39.7 Å². The number of methoxy groups -OCH3 is 1. The summed E-state index contributed by atoms with van der Waals surface area (Å²) in [5.41, 5.74) is 1.24. The van der Waals surface area contributed by atoms with Crippen LogP contribution in [0, 0.1) is 11.6 Å². The predicted molar refractivity (Wildman–Crippen MR) is 167 cm³/mol. The maximum atomic E-state index is 16.0. The number of carbonyl (C=O) groups excluding carboxylic acids is 2. The molecule has 4 atom stereocenters. The number of hydrogen-bond acceptors (Lipinski definition) is 8. The Morgan fingerprint density at radius 1 is 1.11 bits per heavy atom. The van der Waals surface area contributed by atoms with Crippen molar-refractivity contribution in [1.82, 2.24) is 15.1 Å². The Kier molecular flexibility index (Phi) is 8.99. The first-order valence-electron chi connectivity index (χ1n) is 14.7. The number of epoxide rings is 1. The van der Waals surface area contributed by atoms with Crippen LogP contribution in [0.2, 0.25) is 5.02 Å². The molecular formula is C33H33ClF2N4O6. The van der Waals surface area contributed by atoms with Gasteiger partial charge in [-0.05, 0) is 30.2 Å². The number of rotatable bonds is 8. The van der Waals surface area contributed by atoms with E-state index in [1.54, 1.807) is 42.3 Å². The molecule has 13 heteroatoms. The van der Waals surface area contributed by atoms with E-state index in [0.29, 0.717) is 29.7 Å². The summed E-state index contributed by atoms with van der Waals surface area (Å²) < 4.78 is 47.7. The van der Waals surface area contributed by atoms with Gasteiger partial charge in [-0.25, -0.2) is 8.78 Å². The average Bonchev–Trinajstić information content (AvgIpc) is 3.86. The van der Waals surface area contributed by atoms with Gasteiger partial charge in [0.05, 0.1) is 30.5 Å². The van der Waals surface area contributed by atoms with E-state index in [1.807, 2.05) is 0 Å². The number of anilines is 1. The molecular weight excluding hydrogens is 622 g/mol. The van der Waals surface area contributed by atoms with Crippen LogP contribution in [0.3, 0.4) is 0 Å². The van der Waals surface area contributed by atoms with Gasteiger partial charge in [0.25, 0.3) is 11.8 Å². The van der Waals surface area contributed by atoms with Gasteiger partial charge < -0.3 is 39.8 Å². The molecule has 2 fully saturated rings. The first kappa shape index (κ1) is 31.9. The summed E-state index contributed by atoms with van der Waals surface area (Å²) in [6.45, 7) is 0.838. The lowest BCUT2D eigenvalue weighted by Gasteiger charge is -2.29. The molecule has 2 saturated heterocycles. The van der Waals surface area contributed by atoms with E-state index in [1.165, 1.54) is 43.5 Å². The number of likely N-dealkylation sites (N-methyl/N-ethyl adjacent to an activating group) is 2. The van der Waals surface area contributed by atoms with Crippen LogP contribution in [0.5, 0.6) is 5.75 Å². The summed E-state index contributed by atoms with van der Waals surface area (Å²) in [6, 6.07) is 12.2. The highest BCUT2D eigenvalue weighted by Crippen LogP contribution is 2.41. The second-order valence-corrected chi connectivity index (χ2v) is 11.8. The van der Waals surface area contributed by atoms with Crippen LogP contribution >= 0.6 is 11.6 Å². The Bertz CT molecular complexity index is 1720. The van der Waals surface area contributed by atoms with Crippen molar-refractivity contribution in [3.05, 3.63) is 82.5 Å². The largest absolute Gasteiger partial charge is 0.496 e. The van der Waals surface area contributed by atoms with E-state index in [9.17, 15) is 14.7 Å². The summed E-state index contributed by atoms with van der Waals surface area (Å²) in [6.07, 6.45) is 0.476. The summed E-state index contributed by atoms with van der Waals surface area (Å²) in [4.78, 5) is 29.0. The quantitative estimate of drug-likeness (QED) is 0.246. The Balaban J connectivity index is 1.26. The van der Waals surface area contributed by atoms with E-state index in [-0.39, 0.29) is 58.6 Å². The fraction of sp³-hybridized carbons (Fsp3) is 0.333. The summed E-state index contributed by atoms with van der Waals surface area (Å²) in [5.74, 6) is -2.34. The highest BCUT2D eigenvalue weighted by molar-refractivity contribution is 6.36. The van der Waals surface area contributed by atoms with Gasteiger partial charge in [-0.2, -0.15) is 0 Å². The fourth-order valence-electron chi connectivity index (χ4n) is 5.77. The first-order valence-corrected chi connectivity index (χ1v) is 15.1. The number of amides is 2. The molecule has 3 aliphatic heterocycles. The number of nitrogens with one attached hydrogen (secondary N) is 2. The molecule has 46 heavy (non-hydrogen) atoms. The van der Waals surface area contributed by atoms with E-state index in [4.69, 9.17) is 25.8 Å². The standard InChI is InChI=1S/C33H33ClF2N4O6/c1-39-15-22(31(43)40(2)33-32(39)46-33)30(42)38-25-9-5-8-20(29(25)36)19-7-4-6-18(28(19)34)17-12-23(35)21(27(13-17)44-3)14-37-24-10-11-45-16-26(24)41/h4-9,12-13,15,24,26,32-33,37,41H,10-11,14,16H2,1-3H3,(H,38,42)/t24-,26+,32?,33?/m1/s1. The minimum absolute atomic E-state index is 0.0954. The Morgan fingerprint density at radius 2 is 1.85 bits per heavy atom. The van der Waals surface area contributed by atoms with Gasteiger partial charge >= 0.3 is 0 Å². The molecule has 2 unspecified atom stereocenters. The maximum Gasteiger partial charge on any atom is 0.262 e. The van der Waals surface area contributed by atoms with E-state index in [0.717, 1.165) is 0 Å². The highest BCUT2D eigenvalue weighted by atomic mass is 35.5. The zero-order valence-corrected chi connectivity index (χ0v) is 26.1. The van der Waals surface area contributed by atoms with Crippen LogP contribution in [0.15, 0.2) is 60.3 Å². The number of hydrogen-bond donors (Lipinski definition) is 3. The highest BCUT2D eigenvalue weighted by Gasteiger charge is 2.50. The van der Waals surface area contributed by atoms with E-state index >= 15 is 8.78 Å². The third-order valence-corrected chi connectivity index (χ3v) is 8.85. The second-order valence-electron chi connectivity index (χ2n) is 11.4. The number of ether oxygens (including phenoxy) is 3.